The predicted molar refractivity (Wildman–Crippen MR) is 39.9 cm³/mol. The summed E-state index contributed by atoms with van der Waals surface area (Å²) in [5, 5.41) is 2.52. The molecule has 1 amide bonds. The van der Waals surface area contributed by atoms with E-state index in [0.717, 1.165) is 0 Å². The average Bonchev–Trinajstić information content (AvgIpc) is 1.98. The van der Waals surface area contributed by atoms with Gasteiger partial charge in [-0.3, -0.25) is 9.59 Å². The van der Waals surface area contributed by atoms with E-state index in [2.05, 4.69) is 10.1 Å². The number of carbonyl (C=O) groups excluding carboxylic acids is 2. The molecule has 0 saturated carbocycles. The Morgan fingerprint density at radius 2 is 2.09 bits per heavy atom. The highest BCUT2D eigenvalue weighted by molar-refractivity contribution is 5.75. The lowest BCUT2D eigenvalue weighted by molar-refractivity contribution is -0.144. The number of nitrogens with one attached hydrogen (secondary N) is 1. The number of methoxy groups -OCH3 is 1. The van der Waals surface area contributed by atoms with Crippen molar-refractivity contribution in [1.29, 1.82) is 0 Å². The number of hydrogen-bond acceptors (Lipinski definition) is 3. The van der Waals surface area contributed by atoms with Crippen molar-refractivity contribution in [3.63, 3.8) is 0 Å². The van der Waals surface area contributed by atoms with E-state index in [1.807, 2.05) is 0 Å². The van der Waals surface area contributed by atoms with Crippen molar-refractivity contribution in [2.45, 2.75) is 13.8 Å². The molecule has 0 aromatic heterocycles. The predicted octanol–water partition coefficient (Wildman–Crippen LogP) is -0.0684. The molecule has 0 heterocycles. The smallest absolute Gasteiger partial charge is 0.310 e. The normalized spacial score (nSPS) is 11.9. The molecule has 4 heteroatoms. The zero-order valence-corrected chi connectivity index (χ0v) is 7.01. The number of hydrogen-bond donors (Lipinski definition) is 1. The minimum Gasteiger partial charge on any atom is -0.469 e. The Kier molecular flexibility index (Phi) is 4.26. The Morgan fingerprint density at radius 3 is 2.45 bits per heavy atom. The standard InChI is InChI=1S/C7H13NO3/c1-5(7(10)11-3)4-8-6(2)9/h5H,4H2,1-3H3,(H,8,9)/t5-/m0/s1. The fourth-order valence-corrected chi connectivity index (χ4v) is 0.581. The van der Waals surface area contributed by atoms with Gasteiger partial charge in [0.25, 0.3) is 0 Å². The highest BCUT2D eigenvalue weighted by Crippen LogP contribution is 1.94. The largest absolute Gasteiger partial charge is 0.469 e. The van der Waals surface area contributed by atoms with Crippen molar-refractivity contribution in [1.82, 2.24) is 5.32 Å². The maximum Gasteiger partial charge on any atom is 0.310 e. The highest BCUT2D eigenvalue weighted by atomic mass is 16.5. The summed E-state index contributed by atoms with van der Waals surface area (Å²) in [7, 11) is 1.33. The maximum atomic E-state index is 10.8. The van der Waals surface area contributed by atoms with Gasteiger partial charge in [0.1, 0.15) is 0 Å². The van der Waals surface area contributed by atoms with Crippen LogP contribution in [0.4, 0.5) is 0 Å². The van der Waals surface area contributed by atoms with E-state index in [4.69, 9.17) is 0 Å². The monoisotopic (exact) mass is 159 g/mol. The molecular formula is C7H13NO3. The minimum absolute atomic E-state index is 0.138. The van der Waals surface area contributed by atoms with Crippen LogP contribution in [0.15, 0.2) is 0 Å². The number of esters is 1. The van der Waals surface area contributed by atoms with Crippen LogP contribution in [-0.2, 0) is 14.3 Å². The highest BCUT2D eigenvalue weighted by Gasteiger charge is 2.12. The minimum atomic E-state index is -0.307. The molecule has 0 radical (unpaired) electrons. The van der Waals surface area contributed by atoms with Crippen LogP contribution >= 0.6 is 0 Å². The van der Waals surface area contributed by atoms with E-state index < -0.39 is 0 Å². The van der Waals surface area contributed by atoms with Gasteiger partial charge in [0, 0.05) is 13.5 Å². The molecule has 1 N–H and O–H groups in total. The molecule has 1 atom stereocenters. The van der Waals surface area contributed by atoms with Gasteiger partial charge >= 0.3 is 5.97 Å². The SMILES string of the molecule is COC(=O)[C@@H](C)CNC(C)=O. The van der Waals surface area contributed by atoms with E-state index in [-0.39, 0.29) is 17.8 Å². The van der Waals surface area contributed by atoms with E-state index in [1.165, 1.54) is 14.0 Å². The third kappa shape index (κ3) is 4.36. The second-order valence-corrected chi connectivity index (χ2v) is 2.36. The molecule has 0 aromatic carbocycles. The Bertz CT molecular complexity index is 156. The van der Waals surface area contributed by atoms with Gasteiger partial charge < -0.3 is 10.1 Å². The first-order chi connectivity index (χ1) is 5.07. The van der Waals surface area contributed by atoms with Crippen LogP contribution in [-0.4, -0.2) is 25.5 Å². The molecule has 0 unspecified atom stereocenters. The molecule has 0 aromatic rings. The molecule has 0 aliphatic heterocycles. The molecule has 0 aliphatic rings. The first kappa shape index (κ1) is 9.94. The van der Waals surface area contributed by atoms with Gasteiger partial charge in [-0.25, -0.2) is 0 Å². The van der Waals surface area contributed by atoms with Crippen molar-refractivity contribution in [3.05, 3.63) is 0 Å². The van der Waals surface area contributed by atoms with Crippen molar-refractivity contribution < 1.29 is 14.3 Å². The third-order valence-corrected chi connectivity index (χ3v) is 1.26. The summed E-state index contributed by atoms with van der Waals surface area (Å²) in [6.07, 6.45) is 0. The van der Waals surface area contributed by atoms with Gasteiger partial charge in [0.2, 0.25) is 5.91 Å². The molecule has 64 valence electrons. The van der Waals surface area contributed by atoms with E-state index in [9.17, 15) is 9.59 Å². The fourth-order valence-electron chi connectivity index (χ4n) is 0.581. The molecule has 4 nitrogen and oxygen atoms in total. The van der Waals surface area contributed by atoms with Crippen LogP contribution in [0.1, 0.15) is 13.8 Å². The van der Waals surface area contributed by atoms with Crippen molar-refractivity contribution in [2.24, 2.45) is 5.92 Å². The third-order valence-electron chi connectivity index (χ3n) is 1.26. The molecule has 0 spiro atoms. The van der Waals surface area contributed by atoms with E-state index >= 15 is 0 Å². The molecule has 11 heavy (non-hydrogen) atoms. The van der Waals surface area contributed by atoms with Gasteiger partial charge in [0.15, 0.2) is 0 Å². The second-order valence-electron chi connectivity index (χ2n) is 2.36. The molecule has 0 fully saturated rings. The summed E-state index contributed by atoms with van der Waals surface area (Å²) in [6, 6.07) is 0. The van der Waals surface area contributed by atoms with Crippen molar-refractivity contribution in [3.8, 4) is 0 Å². The lowest BCUT2D eigenvalue weighted by Gasteiger charge is -2.08. The van der Waals surface area contributed by atoms with Gasteiger partial charge in [-0.15, -0.1) is 0 Å². The van der Waals surface area contributed by atoms with Crippen LogP contribution in [0.2, 0.25) is 0 Å². The molecule has 0 bridgehead atoms. The van der Waals surface area contributed by atoms with Crippen LogP contribution < -0.4 is 5.32 Å². The first-order valence-electron chi connectivity index (χ1n) is 3.40. The van der Waals surface area contributed by atoms with Gasteiger partial charge in [-0.2, -0.15) is 0 Å². The topological polar surface area (TPSA) is 55.4 Å². The summed E-state index contributed by atoms with van der Waals surface area (Å²) in [6.45, 7) is 3.44. The summed E-state index contributed by atoms with van der Waals surface area (Å²) in [5.74, 6) is -0.719. The lowest BCUT2D eigenvalue weighted by Crippen LogP contribution is -2.30. The Morgan fingerprint density at radius 1 is 1.55 bits per heavy atom. The maximum absolute atomic E-state index is 10.8. The van der Waals surface area contributed by atoms with Crippen molar-refractivity contribution in [2.75, 3.05) is 13.7 Å². The number of carbonyl (C=O) groups is 2. The van der Waals surface area contributed by atoms with Crippen molar-refractivity contribution >= 4 is 11.9 Å². The zero-order chi connectivity index (χ0) is 8.85. The Balaban J connectivity index is 3.60. The van der Waals surface area contributed by atoms with Crippen LogP contribution in [0.5, 0.6) is 0 Å². The van der Waals surface area contributed by atoms with Crippen LogP contribution in [0.25, 0.3) is 0 Å². The fraction of sp³-hybridized carbons (Fsp3) is 0.714. The summed E-state index contributed by atoms with van der Waals surface area (Å²) in [5.41, 5.74) is 0. The first-order valence-corrected chi connectivity index (χ1v) is 3.40. The van der Waals surface area contributed by atoms with E-state index in [0.29, 0.717) is 6.54 Å². The number of amides is 1. The van der Waals surface area contributed by atoms with Crippen LogP contribution in [0, 0.1) is 5.92 Å². The second kappa shape index (κ2) is 4.71. The zero-order valence-electron chi connectivity index (χ0n) is 7.01. The quantitative estimate of drug-likeness (QED) is 0.586. The van der Waals surface area contributed by atoms with Gasteiger partial charge in [-0.05, 0) is 0 Å². The number of ether oxygens (including phenoxy) is 1. The molecule has 0 rings (SSSR count). The molecular weight excluding hydrogens is 146 g/mol. The summed E-state index contributed by atoms with van der Waals surface area (Å²) in [4.78, 5) is 21.1. The van der Waals surface area contributed by atoms with Gasteiger partial charge in [0.05, 0.1) is 13.0 Å². The summed E-state index contributed by atoms with van der Waals surface area (Å²) >= 11 is 0. The summed E-state index contributed by atoms with van der Waals surface area (Å²) < 4.78 is 4.45. The molecule has 0 saturated heterocycles. The van der Waals surface area contributed by atoms with E-state index in [1.54, 1.807) is 6.92 Å². The Labute approximate surface area is 65.9 Å². The number of rotatable bonds is 3. The lowest BCUT2D eigenvalue weighted by atomic mass is 10.2. The van der Waals surface area contributed by atoms with Crippen LogP contribution in [0.3, 0.4) is 0 Å². The average molecular weight is 159 g/mol. The molecule has 0 aliphatic carbocycles. The Hall–Kier alpha value is -1.06. The van der Waals surface area contributed by atoms with Gasteiger partial charge in [-0.1, -0.05) is 6.92 Å².